The van der Waals surface area contributed by atoms with Crippen molar-refractivity contribution in [2.45, 2.75) is 13.0 Å². The Labute approximate surface area is 172 Å². The summed E-state index contributed by atoms with van der Waals surface area (Å²) < 4.78 is 19.1. The monoisotopic (exact) mass is 409 g/mol. The van der Waals surface area contributed by atoms with Crippen LogP contribution in [0.2, 0.25) is 5.02 Å². The molecule has 6 nitrogen and oxygen atoms in total. The van der Waals surface area contributed by atoms with Crippen LogP contribution in [0.5, 0.6) is 5.75 Å². The quantitative estimate of drug-likeness (QED) is 0.759. The highest BCUT2D eigenvalue weighted by Gasteiger charge is 2.30. The van der Waals surface area contributed by atoms with Gasteiger partial charge in [0.25, 0.3) is 0 Å². The van der Waals surface area contributed by atoms with E-state index in [9.17, 15) is 4.39 Å². The maximum atomic E-state index is 13.3. The zero-order valence-electron chi connectivity index (χ0n) is 15.4. The predicted octanol–water partition coefficient (Wildman–Crippen LogP) is 4.22. The summed E-state index contributed by atoms with van der Waals surface area (Å²) in [6, 6.07) is 11.9. The van der Waals surface area contributed by atoms with Crippen LogP contribution in [0.4, 0.5) is 10.1 Å². The van der Waals surface area contributed by atoms with Crippen LogP contribution in [0.25, 0.3) is 0 Å². The van der Waals surface area contributed by atoms with Crippen LogP contribution in [0.15, 0.2) is 68.9 Å². The number of ether oxygens (including phenoxy) is 1. The molecule has 3 heterocycles. The summed E-state index contributed by atoms with van der Waals surface area (Å²) in [5.74, 6) is 0.252. The van der Waals surface area contributed by atoms with Crippen LogP contribution in [0.3, 0.4) is 0 Å². The fourth-order valence-electron chi connectivity index (χ4n) is 3.60. The van der Waals surface area contributed by atoms with Crippen LogP contribution in [-0.4, -0.2) is 36.4 Å². The molecule has 0 atom stereocenters. The number of benzene rings is 2. The van der Waals surface area contributed by atoms with Crippen molar-refractivity contribution in [2.75, 3.05) is 18.1 Å². The first-order chi connectivity index (χ1) is 14.2. The minimum absolute atomic E-state index is 0.241. The van der Waals surface area contributed by atoms with E-state index < -0.39 is 0 Å². The van der Waals surface area contributed by atoms with Gasteiger partial charge in [-0.1, -0.05) is 23.7 Å². The number of aliphatic imine (C=N–C) groups is 1. The van der Waals surface area contributed by atoms with Crippen molar-refractivity contribution in [3.8, 4) is 5.75 Å². The Morgan fingerprint density at radius 3 is 2.90 bits per heavy atom. The standard InChI is InChI=1S/C21H17ClFN5O/c22-18-9-17(4-5-20(18)29-12-14-2-1-3-16(23)8-14)28-11-15-6-7-27-21(15)19(10-25-28)24-13-26-27/h1-5,8-10,13H,6-7,11-12H2. The molecule has 0 amide bonds. The number of allylic oxidation sites excluding steroid dienone is 1. The zero-order valence-corrected chi connectivity index (χ0v) is 16.2. The number of rotatable bonds is 4. The molecule has 8 heteroatoms. The van der Waals surface area contributed by atoms with Gasteiger partial charge in [0.2, 0.25) is 0 Å². The lowest BCUT2D eigenvalue weighted by molar-refractivity contribution is 0.306. The topological polar surface area (TPSA) is 52.8 Å². The third kappa shape index (κ3) is 3.49. The number of hydrogen-bond acceptors (Lipinski definition) is 6. The SMILES string of the molecule is Fc1cccc(COc2ccc(N3CC4=C5C(=NC=NN5CC4)C=N3)cc2Cl)c1. The number of halogens is 2. The van der Waals surface area contributed by atoms with Crippen LogP contribution >= 0.6 is 11.6 Å². The Kier molecular flexibility index (Phi) is 4.52. The van der Waals surface area contributed by atoms with Crippen LogP contribution < -0.4 is 9.75 Å². The van der Waals surface area contributed by atoms with E-state index in [2.05, 4.69) is 15.2 Å². The second-order valence-electron chi connectivity index (χ2n) is 6.91. The predicted molar refractivity (Wildman–Crippen MR) is 112 cm³/mol. The van der Waals surface area contributed by atoms with E-state index in [0.717, 1.165) is 35.6 Å². The first-order valence-electron chi connectivity index (χ1n) is 9.26. The normalized spacial score (nSPS) is 17.4. The first-order valence-corrected chi connectivity index (χ1v) is 9.64. The van der Waals surface area contributed by atoms with Gasteiger partial charge in [-0.25, -0.2) is 9.38 Å². The molecule has 5 rings (SSSR count). The van der Waals surface area contributed by atoms with E-state index in [-0.39, 0.29) is 12.4 Å². The summed E-state index contributed by atoms with van der Waals surface area (Å²) in [4.78, 5) is 4.35. The van der Waals surface area contributed by atoms with Crippen molar-refractivity contribution in [1.29, 1.82) is 0 Å². The van der Waals surface area contributed by atoms with Crippen molar-refractivity contribution in [3.63, 3.8) is 0 Å². The van der Waals surface area contributed by atoms with Crippen molar-refractivity contribution in [3.05, 3.63) is 70.1 Å². The van der Waals surface area contributed by atoms with E-state index in [0.29, 0.717) is 17.3 Å². The molecule has 0 N–H and O–H groups in total. The molecule has 3 aliphatic heterocycles. The number of nitrogens with zero attached hydrogens (tertiary/aromatic N) is 5. The molecule has 0 bridgehead atoms. The van der Waals surface area contributed by atoms with Gasteiger partial charge >= 0.3 is 0 Å². The number of hydrogen-bond donors (Lipinski definition) is 0. The van der Waals surface area contributed by atoms with Gasteiger partial charge in [0.15, 0.2) is 0 Å². The molecule has 0 saturated carbocycles. The lowest BCUT2D eigenvalue weighted by Crippen LogP contribution is -2.23. The van der Waals surface area contributed by atoms with Crippen molar-refractivity contribution in [2.24, 2.45) is 15.2 Å². The molecule has 0 spiro atoms. The zero-order chi connectivity index (χ0) is 19.8. The fraction of sp³-hybridized carbons (Fsp3) is 0.190. The van der Waals surface area contributed by atoms with E-state index in [1.165, 1.54) is 17.7 Å². The number of anilines is 1. The molecular formula is C21H17ClFN5O. The van der Waals surface area contributed by atoms with Gasteiger partial charge in [-0.15, -0.1) is 0 Å². The van der Waals surface area contributed by atoms with Gasteiger partial charge < -0.3 is 4.74 Å². The largest absolute Gasteiger partial charge is 0.487 e. The van der Waals surface area contributed by atoms with Crippen LogP contribution in [0, 0.1) is 5.82 Å². The molecule has 146 valence electrons. The molecule has 0 saturated heterocycles. The van der Waals surface area contributed by atoms with Crippen molar-refractivity contribution in [1.82, 2.24) is 5.01 Å². The van der Waals surface area contributed by atoms with Crippen molar-refractivity contribution < 1.29 is 9.13 Å². The Balaban J connectivity index is 1.35. The van der Waals surface area contributed by atoms with Crippen LogP contribution in [0.1, 0.15) is 12.0 Å². The Morgan fingerprint density at radius 2 is 2.03 bits per heavy atom. The summed E-state index contributed by atoms with van der Waals surface area (Å²) in [7, 11) is 0. The molecule has 0 unspecified atom stereocenters. The average molecular weight is 410 g/mol. The van der Waals surface area contributed by atoms with Gasteiger partial charge in [-0.3, -0.25) is 10.0 Å². The van der Waals surface area contributed by atoms with Gasteiger partial charge in [-0.2, -0.15) is 10.2 Å². The Morgan fingerprint density at radius 1 is 1.10 bits per heavy atom. The summed E-state index contributed by atoms with van der Waals surface area (Å²) in [5.41, 5.74) is 4.74. The second kappa shape index (κ2) is 7.33. The van der Waals surface area contributed by atoms with Gasteiger partial charge in [0.05, 0.1) is 29.2 Å². The molecule has 0 radical (unpaired) electrons. The Bertz CT molecular complexity index is 1090. The maximum Gasteiger partial charge on any atom is 0.138 e. The summed E-state index contributed by atoms with van der Waals surface area (Å²) >= 11 is 6.45. The molecule has 2 aromatic rings. The van der Waals surface area contributed by atoms with Gasteiger partial charge in [0.1, 0.15) is 30.2 Å². The molecule has 2 aromatic carbocycles. The summed E-state index contributed by atoms with van der Waals surface area (Å²) in [5, 5.41) is 13.2. The van der Waals surface area contributed by atoms with Crippen molar-refractivity contribution >= 4 is 35.6 Å². The number of hydrazone groups is 2. The van der Waals surface area contributed by atoms with Gasteiger partial charge in [0, 0.05) is 6.54 Å². The molecule has 3 aliphatic rings. The molecule has 0 aliphatic carbocycles. The van der Waals surface area contributed by atoms with Crippen LogP contribution in [-0.2, 0) is 6.61 Å². The first kappa shape index (κ1) is 17.9. The average Bonchev–Trinajstić information content (AvgIpc) is 3.03. The van der Waals surface area contributed by atoms with E-state index in [1.54, 1.807) is 18.6 Å². The molecular weight excluding hydrogens is 393 g/mol. The molecule has 0 aromatic heterocycles. The third-order valence-corrected chi connectivity index (χ3v) is 5.30. The smallest absolute Gasteiger partial charge is 0.138 e. The van der Waals surface area contributed by atoms with E-state index >= 15 is 0 Å². The third-order valence-electron chi connectivity index (χ3n) is 5.01. The Hall–Kier alpha value is -3.19. The summed E-state index contributed by atoms with van der Waals surface area (Å²) in [6.45, 7) is 1.75. The molecule has 29 heavy (non-hydrogen) atoms. The summed E-state index contributed by atoms with van der Waals surface area (Å²) in [6.07, 6.45) is 4.24. The highest BCUT2D eigenvalue weighted by molar-refractivity contribution is 6.40. The lowest BCUT2D eigenvalue weighted by Gasteiger charge is -2.19. The molecule has 0 fully saturated rings. The second-order valence-corrected chi connectivity index (χ2v) is 7.31. The minimum Gasteiger partial charge on any atom is -0.487 e. The highest BCUT2D eigenvalue weighted by Crippen LogP contribution is 2.33. The fourth-order valence-corrected chi connectivity index (χ4v) is 3.83. The maximum absolute atomic E-state index is 13.3. The minimum atomic E-state index is -0.289. The van der Waals surface area contributed by atoms with E-state index in [1.807, 2.05) is 34.3 Å². The highest BCUT2D eigenvalue weighted by atomic mass is 35.5. The van der Waals surface area contributed by atoms with Gasteiger partial charge in [-0.05, 0) is 47.9 Å². The lowest BCUT2D eigenvalue weighted by atomic mass is 10.1. The van der Waals surface area contributed by atoms with E-state index in [4.69, 9.17) is 16.3 Å².